The maximum Gasteiger partial charge on any atom is 0.139 e. The molecule has 98 valence electrons. The van der Waals surface area contributed by atoms with Crippen LogP contribution >= 0.6 is 0 Å². The highest BCUT2D eigenvalue weighted by atomic mass is 32.2. The highest BCUT2D eigenvalue weighted by Crippen LogP contribution is 2.28. The smallest absolute Gasteiger partial charge is 0.139 e. The molecule has 4 aliphatic rings. The molecular formula is C9H18N4O3S. The number of hydrogen-bond donors (Lipinski definition) is 0. The van der Waals surface area contributed by atoms with Gasteiger partial charge in [-0.1, -0.05) is 0 Å². The lowest BCUT2D eigenvalue weighted by Gasteiger charge is -2.60. The first kappa shape index (κ1) is 11.8. The molecular weight excluding hydrogens is 244 g/mol. The first-order valence-corrected chi connectivity index (χ1v) is 7.48. The van der Waals surface area contributed by atoms with E-state index in [0.717, 1.165) is 51.0 Å². The highest BCUT2D eigenvalue weighted by Gasteiger charge is 2.47. The van der Waals surface area contributed by atoms with Gasteiger partial charge >= 0.3 is 0 Å². The second-order valence-corrected chi connectivity index (χ2v) is 7.07. The van der Waals surface area contributed by atoms with Gasteiger partial charge in [-0.05, 0) is 0 Å². The summed E-state index contributed by atoms with van der Waals surface area (Å²) in [6.07, 6.45) is 0.474. The monoisotopic (exact) mass is 262 g/mol. The molecule has 0 atom stereocenters. The molecule has 0 saturated carbocycles. The van der Waals surface area contributed by atoms with Gasteiger partial charge in [0.25, 0.3) is 0 Å². The van der Waals surface area contributed by atoms with Gasteiger partial charge in [0.2, 0.25) is 0 Å². The third kappa shape index (κ3) is 2.47. The van der Waals surface area contributed by atoms with Crippen molar-refractivity contribution >= 4 is 10.1 Å². The van der Waals surface area contributed by atoms with Crippen molar-refractivity contribution in [2.75, 3.05) is 52.3 Å². The average Bonchev–Trinajstić information content (AvgIpc) is 2.11. The first-order chi connectivity index (χ1) is 7.94. The number of rotatable bonds is 4. The molecule has 4 saturated heterocycles. The molecule has 8 heteroatoms. The molecule has 0 N–H and O–H groups in total. The van der Waals surface area contributed by atoms with Crippen LogP contribution in [-0.4, -0.2) is 84.5 Å². The van der Waals surface area contributed by atoms with Crippen LogP contribution < -0.4 is 0 Å². The summed E-state index contributed by atoms with van der Waals surface area (Å²) in [5.74, 6) is -0.229. The van der Waals surface area contributed by atoms with E-state index in [1.165, 1.54) is 0 Å². The quantitative estimate of drug-likeness (QED) is 0.450. The Bertz CT molecular complexity index is 375. The zero-order valence-electron chi connectivity index (χ0n) is 9.79. The number of nitrogens with zero attached hydrogens (tertiary/aromatic N) is 4. The van der Waals surface area contributed by atoms with Crippen LogP contribution in [0.4, 0.5) is 0 Å². The van der Waals surface area contributed by atoms with Crippen molar-refractivity contribution < 1.29 is 17.5 Å². The van der Waals surface area contributed by atoms with Crippen LogP contribution in [0.15, 0.2) is 0 Å². The van der Waals surface area contributed by atoms with Crippen LogP contribution in [0, 0.1) is 0 Å². The van der Waals surface area contributed by atoms with Crippen LogP contribution in [0.5, 0.6) is 0 Å². The summed E-state index contributed by atoms with van der Waals surface area (Å²) in [5.41, 5.74) is 0. The van der Waals surface area contributed by atoms with Gasteiger partial charge in [0.1, 0.15) is 20.0 Å². The van der Waals surface area contributed by atoms with Crippen molar-refractivity contribution in [3.05, 3.63) is 0 Å². The maximum absolute atomic E-state index is 10.6. The standard InChI is InChI=1S/C9H18N4O3S/c14-17(15,16)3-1-2-13-7-10-4-11(8-13)6-12(5-10)9-13/h1-9H2. The maximum atomic E-state index is 10.6. The summed E-state index contributed by atoms with van der Waals surface area (Å²) in [5, 5.41) is 0. The zero-order valence-corrected chi connectivity index (χ0v) is 10.6. The minimum absolute atomic E-state index is 0.229. The van der Waals surface area contributed by atoms with E-state index < -0.39 is 10.1 Å². The van der Waals surface area contributed by atoms with E-state index in [1.807, 2.05) is 0 Å². The van der Waals surface area contributed by atoms with Crippen molar-refractivity contribution in [1.29, 1.82) is 0 Å². The van der Waals surface area contributed by atoms with Gasteiger partial charge in [0.15, 0.2) is 0 Å². The molecule has 4 heterocycles. The predicted molar refractivity (Wildman–Crippen MR) is 59.0 cm³/mol. The topological polar surface area (TPSA) is 66.9 Å². The summed E-state index contributed by atoms with van der Waals surface area (Å²) in [6, 6.07) is 0. The van der Waals surface area contributed by atoms with Crippen LogP contribution in [0.3, 0.4) is 0 Å². The van der Waals surface area contributed by atoms with Crippen molar-refractivity contribution in [3.63, 3.8) is 0 Å². The van der Waals surface area contributed by atoms with Crippen LogP contribution in [0.25, 0.3) is 0 Å². The molecule has 0 aromatic carbocycles. The Labute approximate surface area is 102 Å². The minimum atomic E-state index is -4.06. The van der Waals surface area contributed by atoms with Gasteiger partial charge in [-0.15, -0.1) is 0 Å². The lowest BCUT2D eigenvalue weighted by molar-refractivity contribution is -0.980. The summed E-state index contributed by atoms with van der Waals surface area (Å²) < 4.78 is 32.8. The third-order valence-corrected chi connectivity index (χ3v) is 4.52. The van der Waals surface area contributed by atoms with E-state index in [1.54, 1.807) is 0 Å². The molecule has 4 rings (SSSR count). The Balaban J connectivity index is 1.62. The molecule has 0 unspecified atom stereocenters. The van der Waals surface area contributed by atoms with Gasteiger partial charge in [0.05, 0.1) is 36.7 Å². The molecule has 4 aliphatic heterocycles. The van der Waals surface area contributed by atoms with Gasteiger partial charge < -0.3 is 4.55 Å². The molecule has 4 bridgehead atoms. The largest absolute Gasteiger partial charge is 0.748 e. The van der Waals surface area contributed by atoms with Crippen LogP contribution in [0.2, 0.25) is 0 Å². The Morgan fingerprint density at radius 2 is 1.47 bits per heavy atom. The molecule has 17 heavy (non-hydrogen) atoms. The van der Waals surface area contributed by atoms with Crippen molar-refractivity contribution in [2.24, 2.45) is 0 Å². The van der Waals surface area contributed by atoms with E-state index >= 15 is 0 Å². The molecule has 0 spiro atoms. The lowest BCUT2D eigenvalue weighted by atomic mass is 10.2. The summed E-state index contributed by atoms with van der Waals surface area (Å²) in [6.45, 7) is 6.83. The Hall–Kier alpha value is -0.250. The van der Waals surface area contributed by atoms with E-state index in [9.17, 15) is 13.0 Å². The average molecular weight is 262 g/mol. The summed E-state index contributed by atoms with van der Waals surface area (Å²) in [4.78, 5) is 7.13. The minimum Gasteiger partial charge on any atom is -0.748 e. The molecule has 0 radical (unpaired) electrons. The van der Waals surface area contributed by atoms with Crippen LogP contribution in [-0.2, 0) is 10.1 Å². The zero-order chi connectivity index (χ0) is 12.1. The molecule has 0 amide bonds. The molecule has 4 fully saturated rings. The van der Waals surface area contributed by atoms with Crippen LogP contribution in [0.1, 0.15) is 6.42 Å². The van der Waals surface area contributed by atoms with Crippen molar-refractivity contribution in [3.8, 4) is 0 Å². The summed E-state index contributed by atoms with van der Waals surface area (Å²) in [7, 11) is -4.06. The Morgan fingerprint density at radius 3 is 1.88 bits per heavy atom. The van der Waals surface area contributed by atoms with E-state index in [-0.39, 0.29) is 5.75 Å². The second kappa shape index (κ2) is 3.87. The van der Waals surface area contributed by atoms with E-state index in [0.29, 0.717) is 6.42 Å². The fourth-order valence-electron chi connectivity index (χ4n) is 3.45. The lowest BCUT2D eigenvalue weighted by Crippen LogP contribution is -2.79. The van der Waals surface area contributed by atoms with E-state index in [4.69, 9.17) is 0 Å². The number of hydrogen-bond acceptors (Lipinski definition) is 6. The van der Waals surface area contributed by atoms with E-state index in [2.05, 4.69) is 14.7 Å². The molecule has 0 aliphatic carbocycles. The summed E-state index contributed by atoms with van der Waals surface area (Å²) >= 11 is 0. The fourth-order valence-corrected chi connectivity index (χ4v) is 3.93. The molecule has 0 aromatic rings. The first-order valence-electron chi connectivity index (χ1n) is 5.90. The normalized spacial score (nSPS) is 44.2. The van der Waals surface area contributed by atoms with Gasteiger partial charge in [0, 0.05) is 12.2 Å². The van der Waals surface area contributed by atoms with Gasteiger partial charge in [-0.3, -0.25) is 4.48 Å². The SMILES string of the molecule is O=S(=O)([O-])CCC[N+]12CN3CN(CN(C3)C1)C2. The van der Waals surface area contributed by atoms with Crippen molar-refractivity contribution in [2.45, 2.75) is 6.42 Å². The fraction of sp³-hybridized carbons (Fsp3) is 1.00. The molecule has 0 aromatic heterocycles. The van der Waals surface area contributed by atoms with Gasteiger partial charge in [-0.2, -0.15) is 0 Å². The van der Waals surface area contributed by atoms with Crippen molar-refractivity contribution in [1.82, 2.24) is 14.7 Å². The highest BCUT2D eigenvalue weighted by molar-refractivity contribution is 7.85. The third-order valence-electron chi connectivity index (χ3n) is 3.73. The number of quaternary nitrogens is 1. The molecule has 7 nitrogen and oxygen atoms in total. The second-order valence-electron chi connectivity index (χ2n) is 5.54. The Morgan fingerprint density at radius 1 is 1.00 bits per heavy atom. The predicted octanol–water partition coefficient (Wildman–Crippen LogP) is -1.57. The Kier molecular flexibility index (Phi) is 2.69. The van der Waals surface area contributed by atoms with Gasteiger partial charge in [-0.25, -0.2) is 23.1 Å².